The Morgan fingerprint density at radius 1 is 0.947 bits per heavy atom. The van der Waals surface area contributed by atoms with Gasteiger partial charge in [-0.25, -0.2) is 0 Å². The lowest BCUT2D eigenvalue weighted by Gasteiger charge is -2.15. The fourth-order valence-electron chi connectivity index (χ4n) is 1.50. The lowest BCUT2D eigenvalue weighted by Crippen LogP contribution is -1.87. The first-order valence-corrected chi connectivity index (χ1v) is 11.3. The Morgan fingerprint density at radius 2 is 1.47 bits per heavy atom. The molecule has 0 bridgehead atoms. The van der Waals surface area contributed by atoms with E-state index < -0.39 is 4.67 Å². The van der Waals surface area contributed by atoms with Crippen LogP contribution in [0.1, 0.15) is 11.1 Å². The molecule has 0 saturated carbocycles. The lowest BCUT2D eigenvalue weighted by molar-refractivity contribution is 0.355. The van der Waals surface area contributed by atoms with E-state index in [9.17, 15) is 0 Å². The van der Waals surface area contributed by atoms with Crippen molar-refractivity contribution in [1.29, 1.82) is 0 Å². The maximum atomic E-state index is 5.79. The average molecular weight is 326 g/mol. The van der Waals surface area contributed by atoms with Gasteiger partial charge >= 0.3 is 0 Å². The summed E-state index contributed by atoms with van der Waals surface area (Å²) in [6, 6.07) is 20.3. The fraction of sp³-hybridized carbons (Fsp3) is 0.143. The van der Waals surface area contributed by atoms with Crippen LogP contribution in [0.15, 0.2) is 60.7 Å². The Bertz CT molecular complexity index is 498. The van der Waals surface area contributed by atoms with E-state index in [1.165, 1.54) is 5.56 Å². The first-order valence-electron chi connectivity index (χ1n) is 5.85. The topological polar surface area (TPSA) is 9.23 Å². The Kier molecular flexibility index (Phi) is 5.99. The van der Waals surface area contributed by atoms with Crippen molar-refractivity contribution < 1.29 is 4.52 Å². The molecule has 2 aromatic carbocycles. The van der Waals surface area contributed by atoms with Gasteiger partial charge < -0.3 is 4.52 Å². The molecule has 1 unspecified atom stereocenters. The van der Waals surface area contributed by atoms with Crippen molar-refractivity contribution in [2.75, 3.05) is 0 Å². The summed E-state index contributed by atoms with van der Waals surface area (Å²) in [5.74, 6) is 0.844. The van der Waals surface area contributed by atoms with Gasteiger partial charge in [0.15, 0.2) is 4.67 Å². The highest BCUT2D eigenvalue weighted by atomic mass is 33.2. The smallest absolute Gasteiger partial charge is 0.172 e. The van der Waals surface area contributed by atoms with E-state index >= 15 is 0 Å². The van der Waals surface area contributed by atoms with Gasteiger partial charge in [-0.05, 0) is 22.9 Å². The highest BCUT2D eigenvalue weighted by Gasteiger charge is 2.13. The van der Waals surface area contributed by atoms with Crippen molar-refractivity contribution in [1.82, 2.24) is 0 Å². The molecule has 2 rings (SSSR count). The molecule has 0 aliphatic heterocycles. The number of hydrogen-bond acceptors (Lipinski definition) is 3. The van der Waals surface area contributed by atoms with Crippen molar-refractivity contribution in [3.8, 4) is 0 Å². The molecular formula is C14H15OPS3. The molecule has 0 N–H and O–H groups in total. The summed E-state index contributed by atoms with van der Waals surface area (Å²) >= 11 is 11.6. The number of thiol groups is 1. The van der Waals surface area contributed by atoms with Gasteiger partial charge in [-0.3, -0.25) is 0 Å². The van der Waals surface area contributed by atoms with Crippen molar-refractivity contribution >= 4 is 40.1 Å². The Balaban J connectivity index is 1.84. The zero-order valence-corrected chi connectivity index (χ0v) is 13.7. The number of benzene rings is 2. The van der Waals surface area contributed by atoms with Gasteiger partial charge in [-0.15, -0.1) is 12.2 Å². The second-order valence-electron chi connectivity index (χ2n) is 3.99. The molecule has 0 radical (unpaired) electrons. The van der Waals surface area contributed by atoms with E-state index in [2.05, 4.69) is 24.4 Å². The first-order chi connectivity index (χ1) is 9.16. The van der Waals surface area contributed by atoms with E-state index in [0.717, 1.165) is 11.3 Å². The van der Waals surface area contributed by atoms with Crippen LogP contribution in [0.5, 0.6) is 0 Å². The summed E-state index contributed by atoms with van der Waals surface area (Å²) in [6.45, 7) is 0.531. The minimum absolute atomic E-state index is 0.531. The Morgan fingerprint density at radius 3 is 2.05 bits per heavy atom. The van der Waals surface area contributed by atoms with Gasteiger partial charge in [0.1, 0.15) is 0 Å². The zero-order chi connectivity index (χ0) is 13.6. The standard InChI is InChI=1S/C14H15OPS3/c17-16(18,15-11-13-7-3-1-4-8-13)19-12-14-9-5-2-6-10-14/h1-10H,11-12H2,(H,17,18). The molecule has 5 heteroatoms. The fourth-order valence-corrected chi connectivity index (χ4v) is 5.03. The van der Waals surface area contributed by atoms with Crippen molar-refractivity contribution in [3.05, 3.63) is 71.8 Å². The molecule has 0 aromatic heterocycles. The quantitative estimate of drug-likeness (QED) is 0.571. The van der Waals surface area contributed by atoms with Crippen LogP contribution >= 0.6 is 28.3 Å². The minimum atomic E-state index is -2.08. The molecule has 100 valence electrons. The van der Waals surface area contributed by atoms with E-state index in [-0.39, 0.29) is 0 Å². The largest absolute Gasteiger partial charge is 0.329 e. The Hall–Kier alpha value is -0.250. The monoisotopic (exact) mass is 326 g/mol. The third-order valence-electron chi connectivity index (χ3n) is 2.47. The SMILES string of the molecule is S=P(S)(OCc1ccccc1)SCc1ccccc1. The molecule has 2 aromatic rings. The zero-order valence-electron chi connectivity index (χ0n) is 10.3. The minimum Gasteiger partial charge on any atom is -0.329 e. The van der Waals surface area contributed by atoms with Gasteiger partial charge in [0.2, 0.25) is 0 Å². The number of rotatable bonds is 6. The third kappa shape index (κ3) is 5.72. The maximum Gasteiger partial charge on any atom is 0.172 e. The van der Waals surface area contributed by atoms with Crippen LogP contribution in [0, 0.1) is 0 Å². The molecule has 0 aliphatic rings. The molecule has 1 atom stereocenters. The predicted octanol–water partition coefficient (Wildman–Crippen LogP) is 5.29. The summed E-state index contributed by atoms with van der Waals surface area (Å²) in [7, 11) is 0. The summed E-state index contributed by atoms with van der Waals surface area (Å²) in [6.07, 6.45) is 0. The van der Waals surface area contributed by atoms with E-state index in [1.807, 2.05) is 48.5 Å². The van der Waals surface area contributed by atoms with Crippen LogP contribution in [0.25, 0.3) is 0 Å². The van der Waals surface area contributed by atoms with E-state index in [4.69, 9.17) is 16.3 Å². The average Bonchev–Trinajstić information content (AvgIpc) is 2.46. The summed E-state index contributed by atoms with van der Waals surface area (Å²) in [5.41, 5.74) is 2.38. The van der Waals surface area contributed by atoms with Crippen LogP contribution in [-0.2, 0) is 28.7 Å². The van der Waals surface area contributed by atoms with Gasteiger partial charge in [0.05, 0.1) is 6.61 Å². The molecule has 0 amide bonds. The molecule has 0 heterocycles. The van der Waals surface area contributed by atoms with Gasteiger partial charge in [0, 0.05) is 5.75 Å². The van der Waals surface area contributed by atoms with E-state index in [0.29, 0.717) is 6.61 Å². The normalized spacial score (nSPS) is 13.9. The van der Waals surface area contributed by atoms with Gasteiger partial charge in [-0.2, -0.15) is 0 Å². The van der Waals surface area contributed by atoms with Crippen molar-refractivity contribution in [2.45, 2.75) is 12.4 Å². The van der Waals surface area contributed by atoms with Gasteiger partial charge in [-0.1, -0.05) is 72.0 Å². The molecule has 19 heavy (non-hydrogen) atoms. The molecule has 0 fully saturated rings. The van der Waals surface area contributed by atoms with Crippen LogP contribution in [-0.4, -0.2) is 0 Å². The van der Waals surface area contributed by atoms with Crippen LogP contribution in [0.3, 0.4) is 0 Å². The lowest BCUT2D eigenvalue weighted by atomic mass is 10.2. The van der Waals surface area contributed by atoms with Crippen LogP contribution < -0.4 is 0 Å². The molecule has 1 nitrogen and oxygen atoms in total. The Labute approximate surface area is 128 Å². The highest BCUT2D eigenvalue weighted by Crippen LogP contribution is 2.65. The highest BCUT2D eigenvalue weighted by molar-refractivity contribution is 8.95. The maximum absolute atomic E-state index is 5.79. The van der Waals surface area contributed by atoms with Crippen molar-refractivity contribution in [2.24, 2.45) is 0 Å². The first kappa shape index (κ1) is 15.1. The predicted molar refractivity (Wildman–Crippen MR) is 92.2 cm³/mol. The molecule has 0 saturated heterocycles. The molecular weight excluding hydrogens is 311 g/mol. The summed E-state index contributed by atoms with van der Waals surface area (Å²) in [5, 5.41) is 0. The number of hydrogen-bond donors (Lipinski definition) is 1. The van der Waals surface area contributed by atoms with Crippen LogP contribution in [0.2, 0.25) is 0 Å². The second-order valence-corrected chi connectivity index (χ2v) is 13.6. The summed E-state index contributed by atoms with van der Waals surface area (Å²) < 4.78 is 3.71. The summed E-state index contributed by atoms with van der Waals surface area (Å²) in [4.78, 5) is 0. The molecule has 0 aliphatic carbocycles. The van der Waals surface area contributed by atoms with Gasteiger partial charge in [0.25, 0.3) is 0 Å². The van der Waals surface area contributed by atoms with Crippen molar-refractivity contribution in [3.63, 3.8) is 0 Å². The van der Waals surface area contributed by atoms with Crippen LogP contribution in [0.4, 0.5) is 0 Å². The third-order valence-corrected chi connectivity index (χ3v) is 8.05. The molecule has 0 spiro atoms. The van der Waals surface area contributed by atoms with E-state index in [1.54, 1.807) is 11.4 Å². The second kappa shape index (κ2) is 7.51.